The zero-order chi connectivity index (χ0) is 17.6. The molecule has 0 spiro atoms. The molecular formula is C19H20FN3O2. The first-order chi connectivity index (χ1) is 12.1. The summed E-state index contributed by atoms with van der Waals surface area (Å²) in [5.41, 5.74) is 2.04. The lowest BCUT2D eigenvalue weighted by atomic mass is 10.0. The predicted octanol–water partition coefficient (Wildman–Crippen LogP) is 2.71. The number of halogens is 1. The van der Waals surface area contributed by atoms with Crippen LogP contribution < -0.4 is 10.6 Å². The Bertz CT molecular complexity index is 734. The van der Waals surface area contributed by atoms with Crippen molar-refractivity contribution in [3.05, 3.63) is 71.5 Å². The van der Waals surface area contributed by atoms with Crippen LogP contribution in [-0.2, 0) is 12.8 Å². The van der Waals surface area contributed by atoms with Gasteiger partial charge in [-0.2, -0.15) is 0 Å². The molecule has 1 fully saturated rings. The number of hydrogen-bond donors (Lipinski definition) is 2. The van der Waals surface area contributed by atoms with Gasteiger partial charge < -0.3 is 10.2 Å². The minimum atomic E-state index is -0.479. The molecule has 0 bridgehead atoms. The highest BCUT2D eigenvalue weighted by atomic mass is 19.1. The number of imide groups is 1. The van der Waals surface area contributed by atoms with E-state index in [9.17, 15) is 14.0 Å². The number of hydrogen-bond acceptors (Lipinski definition) is 2. The summed E-state index contributed by atoms with van der Waals surface area (Å²) < 4.78 is 13.0. The minimum absolute atomic E-state index is 0.144. The molecule has 4 amide bonds. The fraction of sp³-hybridized carbons (Fsp3) is 0.263. The van der Waals surface area contributed by atoms with Crippen molar-refractivity contribution >= 4 is 12.1 Å². The van der Waals surface area contributed by atoms with Gasteiger partial charge in [0, 0.05) is 13.1 Å². The molecule has 2 aromatic rings. The van der Waals surface area contributed by atoms with Crippen molar-refractivity contribution in [3.8, 4) is 0 Å². The Kier molecular flexibility index (Phi) is 5.28. The van der Waals surface area contributed by atoms with Gasteiger partial charge in [-0.15, -0.1) is 0 Å². The molecule has 0 radical (unpaired) electrons. The van der Waals surface area contributed by atoms with Gasteiger partial charge in [-0.3, -0.25) is 5.32 Å². The maximum Gasteiger partial charge on any atom is 0.325 e. The molecule has 25 heavy (non-hydrogen) atoms. The van der Waals surface area contributed by atoms with Crippen LogP contribution in [0.2, 0.25) is 0 Å². The van der Waals surface area contributed by atoms with Crippen molar-refractivity contribution in [1.82, 2.24) is 15.5 Å². The maximum atomic E-state index is 13.0. The fourth-order valence-corrected chi connectivity index (χ4v) is 2.95. The molecular weight excluding hydrogens is 321 g/mol. The molecule has 1 heterocycles. The highest BCUT2D eigenvalue weighted by molar-refractivity contribution is 5.94. The van der Waals surface area contributed by atoms with Crippen LogP contribution in [0.25, 0.3) is 0 Å². The van der Waals surface area contributed by atoms with Gasteiger partial charge in [-0.05, 0) is 36.1 Å². The maximum absolute atomic E-state index is 13.0. The molecule has 2 aromatic carbocycles. The van der Waals surface area contributed by atoms with Crippen LogP contribution in [0.15, 0.2) is 54.6 Å². The molecule has 0 aliphatic carbocycles. The summed E-state index contributed by atoms with van der Waals surface area (Å²) >= 11 is 0. The third-order valence-electron chi connectivity index (χ3n) is 4.29. The van der Waals surface area contributed by atoms with Gasteiger partial charge in [0.1, 0.15) is 5.82 Å². The van der Waals surface area contributed by atoms with E-state index in [2.05, 4.69) is 10.6 Å². The molecule has 5 nitrogen and oxygen atoms in total. The van der Waals surface area contributed by atoms with Crippen molar-refractivity contribution in [3.63, 3.8) is 0 Å². The first-order valence-electron chi connectivity index (χ1n) is 8.25. The van der Waals surface area contributed by atoms with Crippen LogP contribution in [0.5, 0.6) is 0 Å². The summed E-state index contributed by atoms with van der Waals surface area (Å²) in [7, 11) is 0. The standard InChI is InChI=1S/C19H20FN3O2/c20-16-8-6-14(7-9-16)10-11-23-17(12-15-4-2-1-3-5-15)13-21-18(24)22-19(23)25/h1-9,17H,10-13H2,(H2,21,22,24,25). The highest BCUT2D eigenvalue weighted by Gasteiger charge is 2.28. The predicted molar refractivity (Wildman–Crippen MR) is 92.7 cm³/mol. The first kappa shape index (κ1) is 17.0. The van der Waals surface area contributed by atoms with Gasteiger partial charge in [-0.1, -0.05) is 42.5 Å². The van der Waals surface area contributed by atoms with E-state index < -0.39 is 12.1 Å². The van der Waals surface area contributed by atoms with Crippen LogP contribution in [0.4, 0.5) is 14.0 Å². The van der Waals surface area contributed by atoms with Crippen LogP contribution in [-0.4, -0.2) is 36.1 Å². The van der Waals surface area contributed by atoms with E-state index in [4.69, 9.17) is 0 Å². The second-order valence-corrected chi connectivity index (χ2v) is 6.05. The van der Waals surface area contributed by atoms with Crippen LogP contribution >= 0.6 is 0 Å². The largest absolute Gasteiger partial charge is 0.336 e. The van der Waals surface area contributed by atoms with Crippen LogP contribution in [0.3, 0.4) is 0 Å². The molecule has 1 unspecified atom stereocenters. The number of benzene rings is 2. The van der Waals surface area contributed by atoms with E-state index in [0.29, 0.717) is 25.9 Å². The smallest absolute Gasteiger partial charge is 0.325 e. The number of rotatable bonds is 5. The third kappa shape index (κ3) is 4.56. The van der Waals surface area contributed by atoms with Gasteiger partial charge in [0.05, 0.1) is 6.04 Å². The molecule has 1 aliphatic rings. The summed E-state index contributed by atoms with van der Waals surface area (Å²) in [5.74, 6) is -0.284. The average Bonchev–Trinajstić information content (AvgIpc) is 2.74. The van der Waals surface area contributed by atoms with Gasteiger partial charge in [-0.25, -0.2) is 14.0 Å². The third-order valence-corrected chi connectivity index (χ3v) is 4.29. The quantitative estimate of drug-likeness (QED) is 0.878. The second-order valence-electron chi connectivity index (χ2n) is 6.05. The number of nitrogens with one attached hydrogen (secondary N) is 2. The summed E-state index contributed by atoms with van der Waals surface area (Å²) in [5, 5.41) is 5.05. The summed E-state index contributed by atoms with van der Waals surface area (Å²) in [6.07, 6.45) is 1.24. The fourth-order valence-electron chi connectivity index (χ4n) is 2.95. The number of carbonyl (C=O) groups is 2. The Morgan fingerprint density at radius 3 is 2.44 bits per heavy atom. The van der Waals surface area contributed by atoms with Gasteiger partial charge in [0.25, 0.3) is 0 Å². The van der Waals surface area contributed by atoms with Crippen LogP contribution in [0, 0.1) is 5.82 Å². The van der Waals surface area contributed by atoms with Crippen molar-refractivity contribution in [2.45, 2.75) is 18.9 Å². The van der Waals surface area contributed by atoms with Crippen molar-refractivity contribution in [2.24, 2.45) is 0 Å². The molecule has 130 valence electrons. The van der Waals surface area contributed by atoms with Gasteiger partial charge in [0.2, 0.25) is 0 Å². The SMILES string of the molecule is O=C1NCC(Cc2ccccc2)N(CCc2ccc(F)cc2)C(=O)N1. The van der Waals surface area contributed by atoms with Crippen molar-refractivity contribution in [2.75, 3.05) is 13.1 Å². The van der Waals surface area contributed by atoms with Crippen molar-refractivity contribution in [1.29, 1.82) is 0 Å². The normalized spacial score (nSPS) is 17.6. The van der Waals surface area contributed by atoms with E-state index in [1.54, 1.807) is 17.0 Å². The zero-order valence-electron chi connectivity index (χ0n) is 13.7. The monoisotopic (exact) mass is 341 g/mol. The Morgan fingerprint density at radius 2 is 1.72 bits per heavy atom. The molecule has 1 aliphatic heterocycles. The number of carbonyl (C=O) groups excluding carboxylic acids is 2. The number of urea groups is 2. The molecule has 3 rings (SSSR count). The Morgan fingerprint density at radius 1 is 1.00 bits per heavy atom. The average molecular weight is 341 g/mol. The van der Waals surface area contributed by atoms with E-state index in [1.165, 1.54) is 12.1 Å². The molecule has 1 atom stereocenters. The lowest BCUT2D eigenvalue weighted by Gasteiger charge is -2.29. The second kappa shape index (κ2) is 7.79. The van der Waals surface area contributed by atoms with Gasteiger partial charge in [0.15, 0.2) is 0 Å². The molecule has 0 saturated carbocycles. The van der Waals surface area contributed by atoms with Crippen LogP contribution in [0.1, 0.15) is 11.1 Å². The van der Waals surface area contributed by atoms with Crippen molar-refractivity contribution < 1.29 is 14.0 Å². The Labute approximate surface area is 145 Å². The Balaban J connectivity index is 1.73. The summed E-state index contributed by atoms with van der Waals surface area (Å²) in [4.78, 5) is 25.7. The first-order valence-corrected chi connectivity index (χ1v) is 8.25. The highest BCUT2D eigenvalue weighted by Crippen LogP contribution is 2.13. The number of nitrogens with zero attached hydrogens (tertiary/aromatic N) is 1. The topological polar surface area (TPSA) is 61.4 Å². The van der Waals surface area contributed by atoms with E-state index in [1.807, 2.05) is 30.3 Å². The number of amides is 4. The lowest BCUT2D eigenvalue weighted by Crippen LogP contribution is -2.47. The van der Waals surface area contributed by atoms with E-state index in [0.717, 1.165) is 11.1 Å². The molecule has 6 heteroatoms. The zero-order valence-corrected chi connectivity index (χ0v) is 13.7. The Hall–Kier alpha value is -2.89. The molecule has 2 N–H and O–H groups in total. The van der Waals surface area contributed by atoms with E-state index >= 15 is 0 Å². The lowest BCUT2D eigenvalue weighted by molar-refractivity contribution is 0.182. The summed E-state index contributed by atoms with van der Waals surface area (Å²) in [6.45, 7) is 0.833. The molecule has 1 saturated heterocycles. The van der Waals surface area contributed by atoms with E-state index in [-0.39, 0.29) is 11.9 Å². The summed E-state index contributed by atoms with van der Waals surface area (Å²) in [6, 6.07) is 15.1. The minimum Gasteiger partial charge on any atom is -0.336 e. The van der Waals surface area contributed by atoms with Gasteiger partial charge >= 0.3 is 12.1 Å². The molecule has 0 aromatic heterocycles.